The maximum atomic E-state index is 12.9. The van der Waals surface area contributed by atoms with Crippen molar-refractivity contribution in [3.05, 3.63) is 42.2 Å². The van der Waals surface area contributed by atoms with E-state index in [2.05, 4.69) is 9.97 Å². The quantitative estimate of drug-likeness (QED) is 0.909. The number of hydrogen-bond acceptors (Lipinski definition) is 3. The fourth-order valence-electron chi connectivity index (χ4n) is 2.84. The number of benzene rings is 1. The molecule has 3 amide bonds. The lowest BCUT2D eigenvalue weighted by Gasteiger charge is -2.36. The lowest BCUT2D eigenvalue weighted by molar-refractivity contribution is 0.0651. The Morgan fingerprint density at radius 3 is 2.38 bits per heavy atom. The van der Waals surface area contributed by atoms with Gasteiger partial charge in [0.25, 0.3) is 5.91 Å². The number of aromatic nitrogens is 2. The van der Waals surface area contributed by atoms with Gasteiger partial charge in [0.15, 0.2) is 0 Å². The molecule has 2 aromatic rings. The van der Waals surface area contributed by atoms with E-state index in [1.807, 2.05) is 24.3 Å². The molecule has 1 N–H and O–H groups in total. The molecule has 0 bridgehead atoms. The Kier molecular flexibility index (Phi) is 4.50. The zero-order chi connectivity index (χ0) is 17.1. The van der Waals surface area contributed by atoms with Crippen LogP contribution in [0.25, 0.3) is 11.4 Å². The van der Waals surface area contributed by atoms with Gasteiger partial charge in [-0.3, -0.25) is 4.79 Å². The molecule has 0 atom stereocenters. The Morgan fingerprint density at radius 1 is 1.08 bits per heavy atom. The van der Waals surface area contributed by atoms with Gasteiger partial charge in [0, 0.05) is 58.2 Å². The minimum atomic E-state index is -0.0287. The summed E-state index contributed by atoms with van der Waals surface area (Å²) in [6.07, 6.45) is 3.41. The third-order valence-electron chi connectivity index (χ3n) is 4.13. The van der Waals surface area contributed by atoms with Crippen molar-refractivity contribution < 1.29 is 9.59 Å². The molecule has 7 nitrogen and oxygen atoms in total. The number of aromatic amines is 1. The highest BCUT2D eigenvalue weighted by molar-refractivity contribution is 6.00. The summed E-state index contributed by atoms with van der Waals surface area (Å²) in [6.45, 7) is 2.16. The first-order valence-corrected chi connectivity index (χ1v) is 7.92. The molecule has 7 heteroatoms. The van der Waals surface area contributed by atoms with Gasteiger partial charge in [-0.15, -0.1) is 0 Å². The number of imidazole rings is 1. The summed E-state index contributed by atoms with van der Waals surface area (Å²) in [5.41, 5.74) is 1.42. The molecule has 1 aliphatic heterocycles. The second-order valence-corrected chi connectivity index (χ2v) is 5.94. The van der Waals surface area contributed by atoms with Crippen LogP contribution in [0.4, 0.5) is 4.79 Å². The van der Waals surface area contributed by atoms with Crippen molar-refractivity contribution in [3.8, 4) is 11.4 Å². The Labute approximate surface area is 140 Å². The van der Waals surface area contributed by atoms with E-state index in [4.69, 9.17) is 0 Å². The molecule has 3 rings (SSSR count). The van der Waals surface area contributed by atoms with Crippen LogP contribution in [0.1, 0.15) is 10.4 Å². The largest absolute Gasteiger partial charge is 0.345 e. The van der Waals surface area contributed by atoms with E-state index in [9.17, 15) is 9.59 Å². The monoisotopic (exact) mass is 327 g/mol. The van der Waals surface area contributed by atoms with E-state index in [0.717, 1.165) is 5.56 Å². The van der Waals surface area contributed by atoms with Crippen LogP contribution < -0.4 is 0 Å². The molecule has 0 radical (unpaired) electrons. The third-order valence-corrected chi connectivity index (χ3v) is 4.13. The van der Waals surface area contributed by atoms with E-state index in [0.29, 0.717) is 37.6 Å². The van der Waals surface area contributed by atoms with Gasteiger partial charge in [-0.2, -0.15) is 0 Å². The summed E-state index contributed by atoms with van der Waals surface area (Å²) in [4.78, 5) is 37.3. The van der Waals surface area contributed by atoms with Crippen LogP contribution in [0.3, 0.4) is 0 Å². The highest BCUT2D eigenvalue weighted by Gasteiger charge is 2.27. The maximum Gasteiger partial charge on any atom is 0.319 e. The van der Waals surface area contributed by atoms with Gasteiger partial charge in [-0.1, -0.05) is 18.2 Å². The molecule has 0 aliphatic carbocycles. The van der Waals surface area contributed by atoms with Crippen LogP contribution >= 0.6 is 0 Å². The molecule has 1 saturated heterocycles. The van der Waals surface area contributed by atoms with E-state index in [1.165, 1.54) is 0 Å². The fraction of sp³-hybridized carbons (Fsp3) is 0.353. The van der Waals surface area contributed by atoms with Crippen molar-refractivity contribution in [2.75, 3.05) is 40.3 Å². The molecule has 0 saturated carbocycles. The molecule has 1 aromatic heterocycles. The first kappa shape index (κ1) is 16.0. The van der Waals surface area contributed by atoms with E-state index in [1.54, 1.807) is 41.2 Å². The zero-order valence-electron chi connectivity index (χ0n) is 13.9. The molecule has 2 heterocycles. The number of carbonyl (C=O) groups excluding carboxylic acids is 2. The summed E-state index contributed by atoms with van der Waals surface area (Å²) in [5.74, 6) is 0.652. The lowest BCUT2D eigenvalue weighted by atomic mass is 10.1. The number of piperazine rings is 1. The van der Waals surface area contributed by atoms with Crippen LogP contribution in [0.15, 0.2) is 36.7 Å². The SMILES string of the molecule is CN(C)C(=O)N1CCN(C(=O)c2ccccc2-c2ncc[nH]2)CC1. The number of nitrogens with zero attached hydrogens (tertiary/aromatic N) is 4. The van der Waals surface area contributed by atoms with Crippen molar-refractivity contribution in [1.82, 2.24) is 24.7 Å². The number of rotatable bonds is 2. The summed E-state index contributed by atoms with van der Waals surface area (Å²) < 4.78 is 0. The normalized spacial score (nSPS) is 14.6. The molecule has 0 unspecified atom stereocenters. The van der Waals surface area contributed by atoms with Crippen molar-refractivity contribution >= 4 is 11.9 Å². The van der Waals surface area contributed by atoms with Gasteiger partial charge in [0.1, 0.15) is 5.82 Å². The van der Waals surface area contributed by atoms with Gasteiger partial charge in [-0.25, -0.2) is 9.78 Å². The van der Waals surface area contributed by atoms with E-state index in [-0.39, 0.29) is 11.9 Å². The topological polar surface area (TPSA) is 72.5 Å². The molecule has 1 aromatic carbocycles. The summed E-state index contributed by atoms with van der Waals surface area (Å²) in [5, 5.41) is 0. The third kappa shape index (κ3) is 3.10. The van der Waals surface area contributed by atoms with E-state index >= 15 is 0 Å². The molecular formula is C17H21N5O2. The molecule has 1 fully saturated rings. The smallest absolute Gasteiger partial charge is 0.319 e. The second kappa shape index (κ2) is 6.74. The summed E-state index contributed by atoms with van der Waals surface area (Å²) in [6, 6.07) is 7.43. The van der Waals surface area contributed by atoms with Crippen LogP contribution in [-0.2, 0) is 0 Å². The maximum absolute atomic E-state index is 12.9. The Morgan fingerprint density at radius 2 is 1.75 bits per heavy atom. The van der Waals surface area contributed by atoms with Gasteiger partial charge in [0.05, 0.1) is 5.56 Å². The highest BCUT2D eigenvalue weighted by Crippen LogP contribution is 2.22. The van der Waals surface area contributed by atoms with Gasteiger partial charge in [-0.05, 0) is 6.07 Å². The van der Waals surface area contributed by atoms with Crippen molar-refractivity contribution in [2.24, 2.45) is 0 Å². The lowest BCUT2D eigenvalue weighted by Crippen LogP contribution is -2.52. The Balaban J connectivity index is 1.74. The zero-order valence-corrected chi connectivity index (χ0v) is 13.9. The predicted molar refractivity (Wildman–Crippen MR) is 90.6 cm³/mol. The number of nitrogens with one attached hydrogen (secondary N) is 1. The summed E-state index contributed by atoms with van der Waals surface area (Å²) in [7, 11) is 3.47. The highest BCUT2D eigenvalue weighted by atomic mass is 16.2. The van der Waals surface area contributed by atoms with Crippen molar-refractivity contribution in [1.29, 1.82) is 0 Å². The van der Waals surface area contributed by atoms with Gasteiger partial charge >= 0.3 is 6.03 Å². The molecule has 0 spiro atoms. The Hall–Kier alpha value is -2.83. The number of H-pyrrole nitrogens is 1. The van der Waals surface area contributed by atoms with E-state index < -0.39 is 0 Å². The number of carbonyl (C=O) groups is 2. The number of hydrogen-bond donors (Lipinski definition) is 1. The minimum absolute atomic E-state index is 0.0157. The van der Waals surface area contributed by atoms with Gasteiger partial charge in [0.2, 0.25) is 0 Å². The minimum Gasteiger partial charge on any atom is -0.345 e. The average molecular weight is 327 g/mol. The van der Waals surface area contributed by atoms with Crippen molar-refractivity contribution in [3.63, 3.8) is 0 Å². The molecule has 1 aliphatic rings. The number of urea groups is 1. The molecule has 24 heavy (non-hydrogen) atoms. The average Bonchev–Trinajstić information content (AvgIpc) is 3.15. The first-order valence-electron chi connectivity index (χ1n) is 7.92. The first-order chi connectivity index (χ1) is 11.6. The molecule has 126 valence electrons. The summed E-state index contributed by atoms with van der Waals surface area (Å²) >= 11 is 0. The molecular weight excluding hydrogens is 306 g/mol. The van der Waals surface area contributed by atoms with Crippen LogP contribution in [-0.4, -0.2) is 76.9 Å². The Bertz CT molecular complexity index is 718. The second-order valence-electron chi connectivity index (χ2n) is 5.94. The fourth-order valence-corrected chi connectivity index (χ4v) is 2.84. The standard InChI is InChI=1S/C17H21N5O2/c1-20(2)17(24)22-11-9-21(10-12-22)16(23)14-6-4-3-5-13(14)15-18-7-8-19-15/h3-8H,9-12H2,1-2H3,(H,18,19). The van der Waals surface area contributed by atoms with Gasteiger partial charge < -0.3 is 19.7 Å². The van der Waals surface area contributed by atoms with Crippen LogP contribution in [0, 0.1) is 0 Å². The van der Waals surface area contributed by atoms with Crippen LogP contribution in [0.2, 0.25) is 0 Å². The number of amides is 3. The van der Waals surface area contributed by atoms with Crippen molar-refractivity contribution in [2.45, 2.75) is 0 Å². The van der Waals surface area contributed by atoms with Crippen LogP contribution in [0.5, 0.6) is 0 Å². The predicted octanol–water partition coefficient (Wildman–Crippen LogP) is 1.52.